The van der Waals surface area contributed by atoms with Crippen molar-refractivity contribution in [2.75, 3.05) is 39.5 Å². The lowest BCUT2D eigenvalue weighted by Crippen LogP contribution is -2.53. The van der Waals surface area contributed by atoms with Crippen molar-refractivity contribution < 1.29 is 27.8 Å². The second-order valence-electron chi connectivity index (χ2n) is 13.4. The molecule has 0 saturated carbocycles. The van der Waals surface area contributed by atoms with Crippen molar-refractivity contribution >= 4 is 12.2 Å². The number of likely N-dealkylation sites (tertiary alicyclic amines) is 1. The number of ether oxygens (including phenoxy) is 2. The number of amides is 2. The third-order valence-electron chi connectivity index (χ3n) is 7.45. The molecule has 3 rings (SSSR count). The SMILES string of the molecule is CC(C)(C)OC(=O)N[C@]1(C)CNC[C@@H]1CF.C[C@H](c1ccccc1)N1C[C@H](CF)[C@](C)(NC(=O)OC(C)(C)C)C1. The van der Waals surface area contributed by atoms with E-state index in [1.54, 1.807) is 20.8 Å². The Morgan fingerprint density at radius 1 is 0.950 bits per heavy atom. The zero-order valence-electron chi connectivity index (χ0n) is 25.7. The van der Waals surface area contributed by atoms with Crippen LogP contribution >= 0.6 is 0 Å². The van der Waals surface area contributed by atoms with Gasteiger partial charge in [-0.3, -0.25) is 13.7 Å². The molecule has 0 aliphatic carbocycles. The van der Waals surface area contributed by atoms with E-state index in [0.717, 1.165) is 0 Å². The molecule has 0 spiro atoms. The monoisotopic (exact) mass is 568 g/mol. The molecule has 1 aromatic carbocycles. The van der Waals surface area contributed by atoms with E-state index in [1.807, 2.05) is 52.8 Å². The lowest BCUT2D eigenvalue weighted by molar-refractivity contribution is 0.0426. The molecule has 10 heteroatoms. The van der Waals surface area contributed by atoms with Gasteiger partial charge in [-0.25, -0.2) is 9.59 Å². The van der Waals surface area contributed by atoms with Crippen LogP contribution in [0.4, 0.5) is 18.4 Å². The molecule has 2 amide bonds. The van der Waals surface area contributed by atoms with E-state index in [2.05, 4.69) is 39.9 Å². The Morgan fingerprint density at radius 2 is 1.45 bits per heavy atom. The molecule has 0 bridgehead atoms. The van der Waals surface area contributed by atoms with Gasteiger partial charge in [0.25, 0.3) is 0 Å². The molecule has 1 aromatic rings. The minimum Gasteiger partial charge on any atom is -0.444 e. The van der Waals surface area contributed by atoms with Crippen LogP contribution < -0.4 is 16.0 Å². The molecular formula is C30H50F2N4O4. The second kappa shape index (κ2) is 13.5. The number of rotatable bonds is 6. The molecule has 0 aromatic heterocycles. The van der Waals surface area contributed by atoms with E-state index in [0.29, 0.717) is 26.2 Å². The number of hydrogen-bond acceptors (Lipinski definition) is 6. The van der Waals surface area contributed by atoms with Gasteiger partial charge in [-0.05, 0) is 67.9 Å². The fraction of sp³-hybridized carbons (Fsp3) is 0.733. The van der Waals surface area contributed by atoms with E-state index in [4.69, 9.17) is 9.47 Å². The molecule has 40 heavy (non-hydrogen) atoms. The van der Waals surface area contributed by atoms with Gasteiger partial charge in [-0.15, -0.1) is 0 Å². The summed E-state index contributed by atoms with van der Waals surface area (Å²) < 4.78 is 36.9. The normalized spacial score (nSPS) is 27.8. The second-order valence-corrected chi connectivity index (χ2v) is 13.4. The van der Waals surface area contributed by atoms with Gasteiger partial charge in [0.05, 0.1) is 24.4 Å². The minimum absolute atomic E-state index is 0.169. The maximum Gasteiger partial charge on any atom is 0.408 e. The van der Waals surface area contributed by atoms with Gasteiger partial charge in [-0.2, -0.15) is 0 Å². The fourth-order valence-corrected chi connectivity index (χ4v) is 5.02. The van der Waals surface area contributed by atoms with Crippen LogP contribution in [0, 0.1) is 11.8 Å². The predicted octanol–water partition coefficient (Wildman–Crippen LogP) is 5.39. The van der Waals surface area contributed by atoms with Crippen molar-refractivity contribution in [1.82, 2.24) is 20.9 Å². The quantitative estimate of drug-likeness (QED) is 0.426. The number of nitrogens with one attached hydrogen (secondary N) is 3. The van der Waals surface area contributed by atoms with Gasteiger partial charge in [0.15, 0.2) is 0 Å². The molecule has 0 radical (unpaired) electrons. The molecule has 2 heterocycles. The molecular weight excluding hydrogens is 518 g/mol. The van der Waals surface area contributed by atoms with Crippen LogP contribution in [0.2, 0.25) is 0 Å². The zero-order valence-corrected chi connectivity index (χ0v) is 25.7. The number of nitrogens with zero attached hydrogens (tertiary/aromatic N) is 1. The zero-order chi connectivity index (χ0) is 30.4. The van der Waals surface area contributed by atoms with Crippen molar-refractivity contribution in [2.45, 2.75) is 90.6 Å². The Hall–Kier alpha value is -2.46. The predicted molar refractivity (Wildman–Crippen MR) is 154 cm³/mol. The Balaban J connectivity index is 0.000000305. The third-order valence-corrected chi connectivity index (χ3v) is 7.45. The van der Waals surface area contributed by atoms with Crippen LogP contribution in [-0.4, -0.2) is 78.9 Å². The summed E-state index contributed by atoms with van der Waals surface area (Å²) in [7, 11) is 0. The van der Waals surface area contributed by atoms with E-state index in [-0.39, 0.29) is 17.9 Å². The van der Waals surface area contributed by atoms with Crippen molar-refractivity contribution in [3.63, 3.8) is 0 Å². The highest BCUT2D eigenvalue weighted by atomic mass is 19.1. The Kier molecular flexibility index (Phi) is 11.4. The van der Waals surface area contributed by atoms with Gasteiger partial charge in [0.2, 0.25) is 0 Å². The first-order valence-electron chi connectivity index (χ1n) is 14.1. The summed E-state index contributed by atoms with van der Waals surface area (Å²) >= 11 is 0. The molecule has 2 aliphatic heterocycles. The highest BCUT2D eigenvalue weighted by Gasteiger charge is 2.46. The smallest absolute Gasteiger partial charge is 0.408 e. The van der Waals surface area contributed by atoms with Crippen molar-refractivity contribution in [3.05, 3.63) is 35.9 Å². The molecule has 2 fully saturated rings. The van der Waals surface area contributed by atoms with E-state index in [1.165, 1.54) is 5.56 Å². The van der Waals surface area contributed by atoms with Gasteiger partial charge in [-0.1, -0.05) is 30.3 Å². The molecule has 228 valence electrons. The van der Waals surface area contributed by atoms with Crippen LogP contribution in [0.3, 0.4) is 0 Å². The van der Waals surface area contributed by atoms with E-state index < -0.39 is 47.8 Å². The van der Waals surface area contributed by atoms with Crippen LogP contribution in [0.15, 0.2) is 30.3 Å². The average molecular weight is 569 g/mol. The summed E-state index contributed by atoms with van der Waals surface area (Å²) in [5, 5.41) is 8.73. The maximum atomic E-state index is 13.6. The largest absolute Gasteiger partial charge is 0.444 e. The summed E-state index contributed by atoms with van der Waals surface area (Å²) in [6, 6.07) is 10.3. The van der Waals surface area contributed by atoms with Crippen LogP contribution in [0.1, 0.15) is 73.9 Å². The van der Waals surface area contributed by atoms with Gasteiger partial charge in [0.1, 0.15) is 11.2 Å². The minimum atomic E-state index is -0.639. The maximum absolute atomic E-state index is 13.6. The van der Waals surface area contributed by atoms with E-state index in [9.17, 15) is 18.4 Å². The lowest BCUT2D eigenvalue weighted by Gasteiger charge is -2.32. The van der Waals surface area contributed by atoms with Crippen molar-refractivity contribution in [2.24, 2.45) is 11.8 Å². The standard InChI is InChI=1S/C19H29FN2O2.C11H21FN2O2/c1-14(15-9-7-6-8-10-15)22-12-16(11-20)19(5,13-22)21-17(23)24-18(2,3)4;1-10(2,3)16-9(15)14-11(4)7-13-6-8(11)5-12/h6-10,14,16H,11-13H2,1-5H3,(H,21,23);8,13H,5-7H2,1-4H3,(H,14,15)/t14-,16+,19-;8-,11+/m10/s1. The van der Waals surface area contributed by atoms with Gasteiger partial charge in [0, 0.05) is 44.1 Å². The average Bonchev–Trinajstić information content (AvgIpc) is 3.35. The van der Waals surface area contributed by atoms with Crippen LogP contribution in [0.25, 0.3) is 0 Å². The van der Waals surface area contributed by atoms with E-state index >= 15 is 0 Å². The summed E-state index contributed by atoms with van der Waals surface area (Å²) in [5.74, 6) is -0.448. The van der Waals surface area contributed by atoms with Crippen molar-refractivity contribution in [3.8, 4) is 0 Å². The highest BCUT2D eigenvalue weighted by Crippen LogP contribution is 2.34. The fourth-order valence-electron chi connectivity index (χ4n) is 5.02. The topological polar surface area (TPSA) is 91.9 Å². The Morgan fingerprint density at radius 3 is 1.93 bits per heavy atom. The summed E-state index contributed by atoms with van der Waals surface area (Å²) in [6.07, 6.45) is -0.977. The highest BCUT2D eigenvalue weighted by molar-refractivity contribution is 5.69. The lowest BCUT2D eigenvalue weighted by atomic mass is 9.90. The van der Waals surface area contributed by atoms with Gasteiger partial charge < -0.3 is 25.4 Å². The number of alkyl carbamates (subject to hydrolysis) is 2. The summed E-state index contributed by atoms with van der Waals surface area (Å²) in [6.45, 7) is 18.2. The van der Waals surface area contributed by atoms with Crippen LogP contribution in [0.5, 0.6) is 0 Å². The number of carbonyl (C=O) groups is 2. The number of halogens is 2. The molecule has 0 unspecified atom stereocenters. The Bertz CT molecular complexity index is 969. The molecule has 2 aliphatic rings. The first-order chi connectivity index (χ1) is 18.4. The Labute approximate surface area is 238 Å². The number of alkyl halides is 2. The molecule has 2 saturated heterocycles. The van der Waals surface area contributed by atoms with Crippen molar-refractivity contribution in [1.29, 1.82) is 0 Å². The summed E-state index contributed by atoms with van der Waals surface area (Å²) in [5.41, 5.74) is -1.10. The molecule has 5 atom stereocenters. The number of benzene rings is 1. The summed E-state index contributed by atoms with van der Waals surface area (Å²) in [4.78, 5) is 26.0. The molecule has 8 nitrogen and oxygen atoms in total. The molecule has 3 N–H and O–H groups in total. The third kappa shape index (κ3) is 9.87. The number of carbonyl (C=O) groups excluding carboxylic acids is 2. The van der Waals surface area contributed by atoms with Gasteiger partial charge >= 0.3 is 12.2 Å². The first kappa shape index (κ1) is 33.7. The number of hydrogen-bond donors (Lipinski definition) is 3. The van der Waals surface area contributed by atoms with Crippen LogP contribution in [-0.2, 0) is 9.47 Å². The first-order valence-corrected chi connectivity index (χ1v) is 14.1.